The van der Waals surface area contributed by atoms with Crippen molar-refractivity contribution >= 4 is 17.6 Å². The van der Waals surface area contributed by atoms with Gasteiger partial charge in [0.1, 0.15) is 11.5 Å². The molecule has 0 bridgehead atoms. The van der Waals surface area contributed by atoms with Gasteiger partial charge in [-0.1, -0.05) is 11.8 Å². The van der Waals surface area contributed by atoms with E-state index in [1.807, 2.05) is 12.1 Å². The van der Waals surface area contributed by atoms with E-state index in [4.69, 9.17) is 17.3 Å². The number of rotatable bonds is 11. The Morgan fingerprint density at radius 2 is 2.11 bits per heavy atom. The van der Waals surface area contributed by atoms with Crippen LogP contribution in [0.3, 0.4) is 0 Å². The first-order valence-electron chi connectivity index (χ1n) is 8.27. The summed E-state index contributed by atoms with van der Waals surface area (Å²) >= 11 is 1.64. The first kappa shape index (κ1) is 22.0. The molecule has 8 heteroatoms. The zero-order valence-corrected chi connectivity index (χ0v) is 15.8. The van der Waals surface area contributed by atoms with Crippen molar-refractivity contribution in [2.75, 3.05) is 25.4 Å². The summed E-state index contributed by atoms with van der Waals surface area (Å²) < 4.78 is 5.70. The molecule has 0 saturated carbocycles. The zero-order valence-electron chi connectivity index (χ0n) is 15.0. The van der Waals surface area contributed by atoms with E-state index in [1.165, 1.54) is 0 Å². The Morgan fingerprint density at radius 1 is 1.30 bits per heavy atom. The van der Waals surface area contributed by atoms with Crippen LogP contribution in [0.1, 0.15) is 24.4 Å². The Labute approximate surface area is 163 Å². The molecule has 0 unspecified atom stereocenters. The number of furan rings is 1. The van der Waals surface area contributed by atoms with Crippen LogP contribution in [0.25, 0.3) is 0 Å². The van der Waals surface area contributed by atoms with E-state index in [9.17, 15) is 10.1 Å². The maximum atomic E-state index is 10.6. The van der Waals surface area contributed by atoms with Crippen LogP contribution in [-0.4, -0.2) is 36.1 Å². The van der Waals surface area contributed by atoms with Gasteiger partial charge in [-0.15, -0.1) is 18.8 Å². The highest BCUT2D eigenvalue weighted by molar-refractivity contribution is 7.98. The highest BCUT2D eigenvalue weighted by atomic mass is 32.2. The minimum Gasteiger partial charge on any atom is -0.463 e. The molecular weight excluding hydrogens is 364 g/mol. The molecule has 7 nitrogen and oxygen atoms in total. The summed E-state index contributed by atoms with van der Waals surface area (Å²) in [5.74, 6) is 11.2. The fourth-order valence-corrected chi connectivity index (χ4v) is 2.56. The molecule has 0 spiro atoms. The standard InChI is InChI=1S/C19H22N4O3S/c1-3-5-6-7-11-20-14-17-8-9-18(26-17)16-27-13-12-22-19(15-23(24)25)21-10-4-2/h1-2,8-9,20H,5-6,10,12-16H2,(H,21,22). The van der Waals surface area contributed by atoms with Gasteiger partial charge in [0.15, 0.2) is 5.84 Å². The smallest absolute Gasteiger partial charge is 0.259 e. The van der Waals surface area contributed by atoms with Crippen LogP contribution < -0.4 is 10.6 Å². The molecule has 142 valence electrons. The van der Waals surface area contributed by atoms with Crippen LogP contribution in [0.4, 0.5) is 0 Å². The Hall–Kier alpha value is -3.02. The van der Waals surface area contributed by atoms with Gasteiger partial charge in [-0.05, 0) is 12.1 Å². The predicted molar refractivity (Wildman–Crippen MR) is 109 cm³/mol. The van der Waals surface area contributed by atoms with E-state index in [1.54, 1.807) is 11.8 Å². The Kier molecular flexibility index (Phi) is 11.6. The minimum absolute atomic E-state index is 0.220. The normalized spacial score (nSPS) is 10.2. The lowest BCUT2D eigenvalue weighted by Gasteiger charge is -2.03. The summed E-state index contributed by atoms with van der Waals surface area (Å²) in [6.45, 7) is 0.862. The van der Waals surface area contributed by atoms with Gasteiger partial charge in [0, 0.05) is 29.6 Å². The van der Waals surface area contributed by atoms with Crippen LogP contribution in [0.5, 0.6) is 0 Å². The SMILES string of the molecule is C#CCCC#CNCc1ccc(CSCCN=C(C[N+](=O)[O-])NCC#C)o1. The van der Waals surface area contributed by atoms with Crippen molar-refractivity contribution in [3.63, 3.8) is 0 Å². The second kappa shape index (κ2) is 14.2. The molecular formula is C19H22N4O3S. The van der Waals surface area contributed by atoms with Gasteiger partial charge in [-0.3, -0.25) is 15.1 Å². The number of thioether (sulfide) groups is 1. The maximum absolute atomic E-state index is 10.6. The van der Waals surface area contributed by atoms with Crippen molar-refractivity contribution in [3.05, 3.63) is 33.8 Å². The van der Waals surface area contributed by atoms with E-state index >= 15 is 0 Å². The second-order valence-electron chi connectivity index (χ2n) is 5.16. The lowest BCUT2D eigenvalue weighted by molar-refractivity contribution is -0.463. The largest absolute Gasteiger partial charge is 0.463 e. The third kappa shape index (κ3) is 11.3. The molecule has 1 rings (SSSR count). The summed E-state index contributed by atoms with van der Waals surface area (Å²) in [5, 5.41) is 16.3. The number of unbranched alkanes of at least 4 members (excludes halogenated alkanes) is 1. The van der Waals surface area contributed by atoms with E-state index < -0.39 is 4.92 Å². The molecule has 1 heterocycles. The summed E-state index contributed by atoms with van der Waals surface area (Å²) in [6.07, 6.45) is 11.6. The average molecular weight is 386 g/mol. The van der Waals surface area contributed by atoms with Crippen LogP contribution in [0.2, 0.25) is 0 Å². The fraction of sp³-hybridized carbons (Fsp3) is 0.421. The first-order chi connectivity index (χ1) is 13.2. The molecule has 0 aliphatic heterocycles. The van der Waals surface area contributed by atoms with Crippen molar-refractivity contribution in [2.45, 2.75) is 25.1 Å². The first-order valence-corrected chi connectivity index (χ1v) is 9.43. The minimum atomic E-state index is -0.437. The van der Waals surface area contributed by atoms with Crippen molar-refractivity contribution < 1.29 is 9.34 Å². The van der Waals surface area contributed by atoms with Crippen LogP contribution in [-0.2, 0) is 12.3 Å². The quantitative estimate of drug-likeness (QED) is 0.115. The molecule has 0 amide bonds. The van der Waals surface area contributed by atoms with E-state index in [2.05, 4.69) is 39.4 Å². The van der Waals surface area contributed by atoms with Gasteiger partial charge in [-0.2, -0.15) is 11.8 Å². The second-order valence-corrected chi connectivity index (χ2v) is 6.26. The Balaban J connectivity index is 2.27. The topological polar surface area (TPSA) is 92.7 Å². The number of hydrogen-bond acceptors (Lipinski definition) is 6. The van der Waals surface area contributed by atoms with Gasteiger partial charge in [0.25, 0.3) is 6.54 Å². The van der Waals surface area contributed by atoms with Crippen molar-refractivity contribution in [1.82, 2.24) is 10.6 Å². The highest BCUT2D eigenvalue weighted by Crippen LogP contribution is 2.15. The molecule has 27 heavy (non-hydrogen) atoms. The van der Waals surface area contributed by atoms with Crippen molar-refractivity contribution in [1.29, 1.82) is 0 Å². The molecule has 1 aromatic rings. The van der Waals surface area contributed by atoms with E-state index in [0.29, 0.717) is 43.3 Å². The molecule has 2 N–H and O–H groups in total. The lowest BCUT2D eigenvalue weighted by atomic mass is 10.3. The Morgan fingerprint density at radius 3 is 2.85 bits per heavy atom. The molecule has 1 aromatic heterocycles. The van der Waals surface area contributed by atoms with Crippen molar-refractivity contribution in [2.24, 2.45) is 4.99 Å². The summed E-state index contributed by atoms with van der Waals surface area (Å²) in [7, 11) is 0. The number of hydrogen-bond donors (Lipinski definition) is 2. The third-order valence-electron chi connectivity index (χ3n) is 3.01. The average Bonchev–Trinajstić information content (AvgIpc) is 3.09. The summed E-state index contributed by atoms with van der Waals surface area (Å²) in [6, 6.07) is 6.66. The number of nitrogens with one attached hydrogen (secondary N) is 2. The zero-order chi connectivity index (χ0) is 19.7. The van der Waals surface area contributed by atoms with Crippen LogP contribution >= 0.6 is 11.8 Å². The number of nitrogens with zero attached hydrogens (tertiary/aromatic N) is 2. The number of amidine groups is 1. The number of aliphatic imine (C=N–C) groups is 1. The molecule has 0 saturated heterocycles. The van der Waals surface area contributed by atoms with Gasteiger partial charge >= 0.3 is 0 Å². The van der Waals surface area contributed by atoms with Crippen molar-refractivity contribution in [3.8, 4) is 36.7 Å². The van der Waals surface area contributed by atoms with Crippen LogP contribution in [0.15, 0.2) is 21.5 Å². The third-order valence-corrected chi connectivity index (χ3v) is 3.97. The van der Waals surface area contributed by atoms with Gasteiger partial charge in [0.05, 0.1) is 25.4 Å². The molecule has 0 aliphatic rings. The van der Waals surface area contributed by atoms with E-state index in [0.717, 1.165) is 11.5 Å². The highest BCUT2D eigenvalue weighted by Gasteiger charge is 2.06. The van der Waals surface area contributed by atoms with Gasteiger partial charge in [0.2, 0.25) is 0 Å². The Bertz CT molecular complexity index is 762. The molecule has 0 fully saturated rings. The van der Waals surface area contributed by atoms with Gasteiger partial charge < -0.3 is 15.1 Å². The van der Waals surface area contributed by atoms with Crippen LogP contribution in [0, 0.1) is 46.8 Å². The van der Waals surface area contributed by atoms with E-state index in [-0.39, 0.29) is 13.1 Å². The monoisotopic (exact) mass is 386 g/mol. The maximum Gasteiger partial charge on any atom is 0.259 e. The fourth-order valence-electron chi connectivity index (χ4n) is 1.84. The van der Waals surface area contributed by atoms with Gasteiger partial charge in [-0.25, -0.2) is 0 Å². The molecule has 0 aliphatic carbocycles. The molecule has 0 atom stereocenters. The predicted octanol–water partition coefficient (Wildman–Crippen LogP) is 1.87. The number of terminal acetylenes is 2. The summed E-state index contributed by atoms with van der Waals surface area (Å²) in [5.41, 5.74) is 0. The summed E-state index contributed by atoms with van der Waals surface area (Å²) in [4.78, 5) is 14.3. The number of nitro groups is 1. The lowest BCUT2D eigenvalue weighted by Crippen LogP contribution is -2.31. The molecule has 0 radical (unpaired) electrons. The molecule has 0 aromatic carbocycles.